The molecule has 1 aliphatic rings. The molecule has 1 saturated heterocycles. The van der Waals surface area contributed by atoms with E-state index >= 15 is 0 Å². The molecular weight excluding hydrogens is 543 g/mol. The molecule has 0 aliphatic carbocycles. The summed E-state index contributed by atoms with van der Waals surface area (Å²) in [5, 5.41) is -1.08. The van der Waals surface area contributed by atoms with Gasteiger partial charge < -0.3 is 4.98 Å². The van der Waals surface area contributed by atoms with Crippen LogP contribution in [0.3, 0.4) is 0 Å². The van der Waals surface area contributed by atoms with Crippen molar-refractivity contribution in [3.05, 3.63) is 94.5 Å². The number of rotatable bonds is 7. The number of halogens is 2. The molecule has 1 unspecified atom stereocenters. The molecule has 2 heterocycles. The molecule has 0 radical (unpaired) electrons. The number of aromatic amines is 1. The average Bonchev–Trinajstić information content (AvgIpc) is 3.40. The lowest BCUT2D eigenvalue weighted by atomic mass is 10.0. The van der Waals surface area contributed by atoms with Gasteiger partial charge in [0.15, 0.2) is 0 Å². The predicted octanol–water partition coefficient (Wildman–Crippen LogP) is 4.84. The van der Waals surface area contributed by atoms with Crippen molar-refractivity contribution in [3.8, 4) is 0 Å². The molecule has 13 heteroatoms. The third-order valence-electron chi connectivity index (χ3n) is 6.06. The number of nitrogens with one attached hydrogen (secondary N) is 3. The third-order valence-corrected chi connectivity index (χ3v) is 9.58. The van der Waals surface area contributed by atoms with Crippen LogP contribution in [0.4, 0.5) is 4.39 Å². The number of fused-ring (bicyclic) bond motifs is 1. The van der Waals surface area contributed by atoms with Gasteiger partial charge in [-0.15, -0.1) is 10.8 Å². The molecule has 1 aliphatic heterocycles. The van der Waals surface area contributed by atoms with E-state index in [1.54, 1.807) is 30.3 Å². The van der Waals surface area contributed by atoms with Crippen molar-refractivity contribution in [2.75, 3.05) is 0 Å². The molecule has 1 amide bonds. The van der Waals surface area contributed by atoms with Gasteiger partial charge in [0.05, 0.1) is 33.4 Å². The molecule has 0 spiro atoms. The summed E-state index contributed by atoms with van der Waals surface area (Å²) in [5.41, 5.74) is 2.68. The number of aromatic nitrogens is 2. The molecule has 1 fully saturated rings. The number of benzene rings is 3. The fourth-order valence-corrected chi connectivity index (χ4v) is 7.16. The van der Waals surface area contributed by atoms with Crippen LogP contribution in [0.2, 0.25) is 5.02 Å². The molecule has 4 aromatic rings. The Balaban J connectivity index is 1.46. The largest absolute Gasteiger partial charge is 0.341 e. The second-order valence-corrected chi connectivity index (χ2v) is 12.7. The van der Waals surface area contributed by atoms with Gasteiger partial charge in [-0.1, -0.05) is 48.0 Å². The zero-order valence-electron chi connectivity index (χ0n) is 19.1. The van der Waals surface area contributed by atoms with Crippen LogP contribution in [0.5, 0.6) is 0 Å². The van der Waals surface area contributed by atoms with Crippen LogP contribution < -0.4 is 9.44 Å². The summed E-state index contributed by atoms with van der Waals surface area (Å²) >= 11 is 5.81. The SMILES string of the molecule is O=C1CC(c2ccc(C[C@H](NS(=O)(=O)c3ccc(F)c(Cl)c3)c3nc4ccccc4[nH]3)cc2)S(O)(O)N1. The minimum absolute atomic E-state index is 0.0384. The van der Waals surface area contributed by atoms with Crippen LogP contribution in [0.1, 0.15) is 34.7 Å². The Bertz CT molecular complexity index is 1560. The van der Waals surface area contributed by atoms with Crippen LogP contribution in [0.15, 0.2) is 71.6 Å². The molecule has 1 aromatic heterocycles. The Hall–Kier alpha value is -3.00. The lowest BCUT2D eigenvalue weighted by Gasteiger charge is -2.32. The Morgan fingerprint density at radius 2 is 1.86 bits per heavy atom. The highest BCUT2D eigenvalue weighted by Crippen LogP contribution is 2.56. The minimum Gasteiger partial charge on any atom is -0.341 e. The third kappa shape index (κ3) is 5.35. The molecule has 37 heavy (non-hydrogen) atoms. The smallest absolute Gasteiger partial charge is 0.241 e. The van der Waals surface area contributed by atoms with Crippen molar-refractivity contribution in [2.45, 2.75) is 29.0 Å². The monoisotopic (exact) mass is 564 g/mol. The number of hydrogen-bond acceptors (Lipinski definition) is 6. The number of H-pyrrole nitrogens is 1. The number of amides is 1. The van der Waals surface area contributed by atoms with Crippen LogP contribution in [-0.2, 0) is 21.2 Å². The molecule has 9 nitrogen and oxygen atoms in total. The van der Waals surface area contributed by atoms with E-state index in [-0.39, 0.29) is 22.8 Å². The van der Waals surface area contributed by atoms with Gasteiger partial charge in [-0.3, -0.25) is 18.6 Å². The first kappa shape index (κ1) is 25.6. The van der Waals surface area contributed by atoms with Crippen molar-refractivity contribution in [2.24, 2.45) is 0 Å². The van der Waals surface area contributed by atoms with Crippen LogP contribution >= 0.6 is 22.4 Å². The van der Waals surface area contributed by atoms with Crippen LogP contribution in [0.25, 0.3) is 11.0 Å². The number of carbonyl (C=O) groups excluding carboxylic acids is 1. The lowest BCUT2D eigenvalue weighted by molar-refractivity contribution is -0.118. The number of sulfonamides is 1. The van der Waals surface area contributed by atoms with Crippen molar-refractivity contribution in [1.82, 2.24) is 19.4 Å². The highest BCUT2D eigenvalue weighted by atomic mass is 35.5. The predicted molar refractivity (Wildman–Crippen MR) is 139 cm³/mol. The number of imidazole rings is 1. The highest BCUT2D eigenvalue weighted by Gasteiger charge is 2.38. The van der Waals surface area contributed by atoms with Gasteiger partial charge in [-0.2, -0.15) is 0 Å². The Morgan fingerprint density at radius 1 is 1.14 bits per heavy atom. The quantitative estimate of drug-likeness (QED) is 0.217. The Kier molecular flexibility index (Phi) is 6.73. The highest BCUT2D eigenvalue weighted by molar-refractivity contribution is 8.23. The average molecular weight is 565 g/mol. The van der Waals surface area contributed by atoms with Gasteiger partial charge in [0.2, 0.25) is 15.9 Å². The second kappa shape index (κ2) is 9.71. The van der Waals surface area contributed by atoms with Gasteiger partial charge in [0, 0.05) is 0 Å². The van der Waals surface area contributed by atoms with Gasteiger partial charge in [0.1, 0.15) is 16.9 Å². The van der Waals surface area contributed by atoms with Crippen LogP contribution in [0, 0.1) is 5.82 Å². The standard InChI is InChI=1S/C24H22ClFN4O5S2/c25-17-12-16(9-10-18(17)26)36(32,33)29-21(24-27-19-3-1-2-4-20(19)28-24)11-14-5-7-15(8-6-14)22-13-23(31)30-37(22,34)35/h1-10,12,21-22,29,34-35H,11,13H2,(H,27,28)(H,30,31)/t21-,22?/m0/s1. The van der Waals surface area contributed by atoms with Crippen molar-refractivity contribution in [1.29, 1.82) is 0 Å². The molecule has 5 N–H and O–H groups in total. The molecule has 3 aromatic carbocycles. The lowest BCUT2D eigenvalue weighted by Crippen LogP contribution is -2.31. The summed E-state index contributed by atoms with van der Waals surface area (Å²) in [6.07, 6.45) is 0.148. The zero-order chi connectivity index (χ0) is 26.4. The molecule has 2 atom stereocenters. The van der Waals surface area contributed by atoms with Crippen molar-refractivity contribution < 1.29 is 26.7 Å². The molecule has 194 valence electrons. The van der Waals surface area contributed by atoms with Crippen molar-refractivity contribution in [3.63, 3.8) is 0 Å². The molecule has 5 rings (SSSR count). The van der Waals surface area contributed by atoms with E-state index in [1.165, 1.54) is 0 Å². The van der Waals surface area contributed by atoms with E-state index in [4.69, 9.17) is 11.6 Å². The van der Waals surface area contributed by atoms with E-state index < -0.39 is 43.8 Å². The summed E-state index contributed by atoms with van der Waals surface area (Å²) in [7, 11) is -7.40. The van der Waals surface area contributed by atoms with Crippen LogP contribution in [-0.4, -0.2) is 33.4 Å². The van der Waals surface area contributed by atoms with Gasteiger partial charge in [-0.25, -0.2) is 22.5 Å². The number of nitrogens with zero attached hydrogens (tertiary/aromatic N) is 1. The number of hydrogen-bond donors (Lipinski definition) is 5. The molecular formula is C24H22ClFN4O5S2. The van der Waals surface area contributed by atoms with Crippen molar-refractivity contribution >= 4 is 49.3 Å². The fourth-order valence-electron chi connectivity index (χ4n) is 4.21. The summed E-state index contributed by atoms with van der Waals surface area (Å²) in [6, 6.07) is 16.4. The fraction of sp³-hybridized carbons (Fsp3) is 0.167. The summed E-state index contributed by atoms with van der Waals surface area (Å²) in [4.78, 5) is 19.2. The van der Waals surface area contributed by atoms with E-state index in [0.717, 1.165) is 29.3 Å². The van der Waals surface area contributed by atoms with E-state index in [2.05, 4.69) is 19.4 Å². The Labute approximate surface area is 218 Å². The summed E-state index contributed by atoms with van der Waals surface area (Å²) in [5.74, 6) is -0.790. The topological polar surface area (TPSA) is 144 Å². The van der Waals surface area contributed by atoms with E-state index in [9.17, 15) is 26.7 Å². The zero-order valence-corrected chi connectivity index (χ0v) is 21.4. The number of para-hydroxylation sites is 2. The van der Waals surface area contributed by atoms with Gasteiger partial charge >= 0.3 is 0 Å². The maximum absolute atomic E-state index is 13.6. The van der Waals surface area contributed by atoms with E-state index in [0.29, 0.717) is 16.9 Å². The first-order valence-electron chi connectivity index (χ1n) is 11.1. The minimum atomic E-state index is -4.12. The van der Waals surface area contributed by atoms with Gasteiger partial charge in [0.25, 0.3) is 0 Å². The molecule has 0 saturated carbocycles. The van der Waals surface area contributed by atoms with E-state index in [1.807, 2.05) is 18.2 Å². The summed E-state index contributed by atoms with van der Waals surface area (Å²) < 4.78 is 65.2. The first-order chi connectivity index (χ1) is 17.5. The first-order valence-corrected chi connectivity index (χ1v) is 14.6. The maximum Gasteiger partial charge on any atom is 0.241 e. The second-order valence-electron chi connectivity index (χ2n) is 8.65. The number of carbonyl (C=O) groups is 1. The normalized spacial score (nSPS) is 19.0. The van der Waals surface area contributed by atoms with Gasteiger partial charge in [-0.05, 0) is 47.9 Å². The molecule has 0 bridgehead atoms. The summed E-state index contributed by atoms with van der Waals surface area (Å²) in [6.45, 7) is 0. The Morgan fingerprint density at radius 3 is 2.51 bits per heavy atom. The maximum atomic E-state index is 13.6.